The number of carbonyl (C=O) groups is 2. The third-order valence-electron chi connectivity index (χ3n) is 5.14. The van der Waals surface area contributed by atoms with Crippen molar-refractivity contribution in [2.75, 3.05) is 26.2 Å². The highest BCUT2D eigenvalue weighted by Crippen LogP contribution is 2.18. The van der Waals surface area contributed by atoms with Gasteiger partial charge in [-0.15, -0.1) is 0 Å². The summed E-state index contributed by atoms with van der Waals surface area (Å²) in [6, 6.07) is 16.1. The van der Waals surface area contributed by atoms with E-state index in [0.29, 0.717) is 26.2 Å². The Labute approximate surface area is 188 Å². The molecule has 0 saturated carbocycles. The molecule has 7 heteroatoms. The Balaban J connectivity index is 1.42. The summed E-state index contributed by atoms with van der Waals surface area (Å²) in [7, 11) is 0. The second-order valence-corrected chi connectivity index (χ2v) is 9.04. The van der Waals surface area contributed by atoms with Gasteiger partial charge in [-0.3, -0.25) is 9.59 Å². The van der Waals surface area contributed by atoms with Crippen molar-refractivity contribution >= 4 is 43.7 Å². The largest absolute Gasteiger partial charge is 0.355 e. The second kappa shape index (κ2) is 10.9. The van der Waals surface area contributed by atoms with Gasteiger partial charge in [0.05, 0.1) is 11.8 Å². The molecule has 154 valence electrons. The van der Waals surface area contributed by atoms with E-state index in [1.165, 1.54) is 11.1 Å². The van der Waals surface area contributed by atoms with E-state index in [2.05, 4.69) is 47.8 Å². The highest BCUT2D eigenvalue weighted by Gasteiger charge is 2.37. The number of hydrogen-bond donors (Lipinski definition) is 3. The molecule has 0 bridgehead atoms. The molecule has 0 spiro atoms. The first kappa shape index (κ1) is 22.0. The standard InChI is InChI=1S/C22H25Br2N3O2/c23-17-5-1-15(2-6-17)9-11-26-21(28)19-13-25-14-20(19)22(29)27-12-10-16-3-7-18(24)8-4-16/h1-8,19-20,25H,9-14H2,(H,26,28)(H,27,29)/t19-,20?/m1/s1. The summed E-state index contributed by atoms with van der Waals surface area (Å²) >= 11 is 6.84. The lowest BCUT2D eigenvalue weighted by molar-refractivity contribution is -0.132. The molecule has 2 aromatic rings. The van der Waals surface area contributed by atoms with Crippen LogP contribution in [0.4, 0.5) is 0 Å². The number of rotatable bonds is 8. The van der Waals surface area contributed by atoms with Crippen molar-refractivity contribution in [3.8, 4) is 0 Å². The van der Waals surface area contributed by atoms with E-state index in [4.69, 9.17) is 0 Å². The molecule has 2 aromatic carbocycles. The maximum absolute atomic E-state index is 12.6. The Morgan fingerprint density at radius 3 is 1.52 bits per heavy atom. The Morgan fingerprint density at radius 2 is 1.14 bits per heavy atom. The van der Waals surface area contributed by atoms with E-state index in [1.807, 2.05) is 48.5 Å². The minimum absolute atomic E-state index is 0.0554. The van der Waals surface area contributed by atoms with Crippen molar-refractivity contribution in [1.29, 1.82) is 0 Å². The maximum Gasteiger partial charge on any atom is 0.225 e. The lowest BCUT2D eigenvalue weighted by Gasteiger charge is -2.18. The highest BCUT2D eigenvalue weighted by molar-refractivity contribution is 9.10. The molecule has 1 heterocycles. The number of hydrogen-bond acceptors (Lipinski definition) is 3. The van der Waals surface area contributed by atoms with Crippen LogP contribution in [0, 0.1) is 11.8 Å². The first-order chi connectivity index (χ1) is 14.0. The number of halogens is 2. The normalized spacial score (nSPS) is 18.4. The molecular weight excluding hydrogens is 498 g/mol. The number of benzene rings is 2. The molecule has 3 N–H and O–H groups in total. The van der Waals surface area contributed by atoms with Crippen LogP contribution in [0.2, 0.25) is 0 Å². The van der Waals surface area contributed by atoms with Crippen LogP contribution in [-0.2, 0) is 22.4 Å². The average Bonchev–Trinajstić information content (AvgIpc) is 3.21. The predicted octanol–water partition coefficient (Wildman–Crippen LogP) is 3.06. The fourth-order valence-electron chi connectivity index (χ4n) is 3.45. The summed E-state index contributed by atoms with van der Waals surface area (Å²) in [4.78, 5) is 25.2. The van der Waals surface area contributed by atoms with Gasteiger partial charge in [0.15, 0.2) is 0 Å². The van der Waals surface area contributed by atoms with Gasteiger partial charge in [-0.05, 0) is 48.2 Å². The lowest BCUT2D eigenvalue weighted by Crippen LogP contribution is -2.42. The molecule has 0 aliphatic carbocycles. The number of nitrogens with one attached hydrogen (secondary N) is 3. The van der Waals surface area contributed by atoms with Gasteiger partial charge in [0.1, 0.15) is 0 Å². The fourth-order valence-corrected chi connectivity index (χ4v) is 3.98. The van der Waals surface area contributed by atoms with E-state index in [9.17, 15) is 9.59 Å². The molecule has 1 aliphatic rings. The van der Waals surface area contributed by atoms with E-state index in [1.54, 1.807) is 0 Å². The summed E-state index contributed by atoms with van der Waals surface area (Å²) in [5, 5.41) is 9.15. The van der Waals surface area contributed by atoms with Crippen LogP contribution in [0.3, 0.4) is 0 Å². The fraction of sp³-hybridized carbons (Fsp3) is 0.364. The lowest BCUT2D eigenvalue weighted by atomic mass is 9.94. The van der Waals surface area contributed by atoms with Crippen LogP contribution in [0.1, 0.15) is 11.1 Å². The average molecular weight is 523 g/mol. The first-order valence-electron chi connectivity index (χ1n) is 9.78. The molecule has 2 atom stereocenters. The number of carbonyl (C=O) groups excluding carboxylic acids is 2. The van der Waals surface area contributed by atoms with Crippen molar-refractivity contribution in [2.45, 2.75) is 12.8 Å². The van der Waals surface area contributed by atoms with Crippen LogP contribution in [0.15, 0.2) is 57.5 Å². The molecule has 0 radical (unpaired) electrons. The van der Waals surface area contributed by atoms with Gasteiger partial charge in [0, 0.05) is 35.1 Å². The van der Waals surface area contributed by atoms with Crippen LogP contribution < -0.4 is 16.0 Å². The van der Waals surface area contributed by atoms with Crippen LogP contribution in [0.5, 0.6) is 0 Å². The van der Waals surface area contributed by atoms with Crippen molar-refractivity contribution < 1.29 is 9.59 Å². The Kier molecular flexibility index (Phi) is 8.27. The van der Waals surface area contributed by atoms with Crippen LogP contribution >= 0.6 is 31.9 Å². The van der Waals surface area contributed by atoms with Gasteiger partial charge in [0.25, 0.3) is 0 Å². The van der Waals surface area contributed by atoms with E-state index in [-0.39, 0.29) is 23.7 Å². The zero-order valence-corrected chi connectivity index (χ0v) is 19.3. The SMILES string of the molecule is O=C(NCCc1ccc(Br)cc1)C1CNC[C@H]1C(=O)NCCc1ccc(Br)cc1. The molecule has 1 fully saturated rings. The topological polar surface area (TPSA) is 70.2 Å². The zero-order chi connectivity index (χ0) is 20.6. The summed E-state index contributed by atoms with van der Waals surface area (Å²) in [5.41, 5.74) is 2.33. The summed E-state index contributed by atoms with van der Waals surface area (Å²) < 4.78 is 2.08. The van der Waals surface area contributed by atoms with Gasteiger partial charge in [-0.2, -0.15) is 0 Å². The van der Waals surface area contributed by atoms with E-state index < -0.39 is 0 Å². The minimum atomic E-state index is -0.326. The number of amides is 2. The summed E-state index contributed by atoms with van der Waals surface area (Å²) in [6.07, 6.45) is 1.53. The molecular formula is C22H25Br2N3O2. The molecule has 3 rings (SSSR count). The minimum Gasteiger partial charge on any atom is -0.355 e. The molecule has 1 unspecified atom stereocenters. The van der Waals surface area contributed by atoms with Crippen molar-refractivity contribution in [2.24, 2.45) is 11.8 Å². The van der Waals surface area contributed by atoms with E-state index >= 15 is 0 Å². The van der Waals surface area contributed by atoms with Gasteiger partial charge in [0.2, 0.25) is 11.8 Å². The molecule has 1 saturated heterocycles. The Bertz CT molecular complexity index is 755. The summed E-state index contributed by atoms with van der Waals surface area (Å²) in [6.45, 7) is 2.20. The second-order valence-electron chi connectivity index (χ2n) is 7.21. The predicted molar refractivity (Wildman–Crippen MR) is 122 cm³/mol. The third-order valence-corrected chi connectivity index (χ3v) is 6.20. The molecule has 5 nitrogen and oxygen atoms in total. The molecule has 0 aromatic heterocycles. The van der Waals surface area contributed by atoms with Crippen molar-refractivity contribution in [3.05, 3.63) is 68.6 Å². The quantitative estimate of drug-likeness (QED) is 0.499. The zero-order valence-electron chi connectivity index (χ0n) is 16.1. The van der Waals surface area contributed by atoms with Crippen LogP contribution in [-0.4, -0.2) is 38.0 Å². The van der Waals surface area contributed by atoms with Gasteiger partial charge < -0.3 is 16.0 Å². The smallest absolute Gasteiger partial charge is 0.225 e. The van der Waals surface area contributed by atoms with Crippen LogP contribution in [0.25, 0.3) is 0 Å². The summed E-state index contributed by atoms with van der Waals surface area (Å²) in [5.74, 6) is -0.763. The monoisotopic (exact) mass is 521 g/mol. The third kappa shape index (κ3) is 6.66. The van der Waals surface area contributed by atoms with Crippen molar-refractivity contribution in [1.82, 2.24) is 16.0 Å². The van der Waals surface area contributed by atoms with E-state index in [0.717, 1.165) is 21.8 Å². The molecule has 2 amide bonds. The van der Waals surface area contributed by atoms with Gasteiger partial charge in [-0.1, -0.05) is 56.1 Å². The Hall–Kier alpha value is -1.70. The highest BCUT2D eigenvalue weighted by atomic mass is 79.9. The first-order valence-corrected chi connectivity index (χ1v) is 11.4. The molecule has 1 aliphatic heterocycles. The van der Waals surface area contributed by atoms with Gasteiger partial charge in [-0.25, -0.2) is 0 Å². The maximum atomic E-state index is 12.6. The van der Waals surface area contributed by atoms with Crippen molar-refractivity contribution in [3.63, 3.8) is 0 Å². The Morgan fingerprint density at radius 1 is 0.759 bits per heavy atom. The molecule has 29 heavy (non-hydrogen) atoms. The van der Waals surface area contributed by atoms with Gasteiger partial charge >= 0.3 is 0 Å².